The molecule has 0 saturated carbocycles. The van der Waals surface area contributed by atoms with E-state index in [9.17, 15) is 0 Å². The molecule has 5 aromatic rings. The molecule has 2 aromatic carbocycles. The number of anilines is 1. The number of nitrogens with one attached hydrogen (secondary N) is 1. The van der Waals surface area contributed by atoms with Crippen molar-refractivity contribution in [2.45, 2.75) is 6.54 Å². The number of aryl methyl sites for hydroxylation is 1. The Kier molecular flexibility index (Phi) is 3.98. The summed E-state index contributed by atoms with van der Waals surface area (Å²) in [5.41, 5.74) is 7.33. The lowest BCUT2D eigenvalue weighted by Gasteiger charge is -2.12. The van der Waals surface area contributed by atoms with Crippen LogP contribution in [0.1, 0.15) is 5.56 Å². The Labute approximate surface area is 162 Å². The van der Waals surface area contributed by atoms with Crippen molar-refractivity contribution in [2.24, 2.45) is 7.05 Å². The molecule has 3 heterocycles. The summed E-state index contributed by atoms with van der Waals surface area (Å²) in [6.07, 6.45) is 9.22. The minimum atomic E-state index is 0.704. The molecule has 136 valence electrons. The Morgan fingerprint density at radius 1 is 0.964 bits per heavy atom. The normalized spacial score (nSPS) is 11.2. The Bertz CT molecular complexity index is 1270. The first-order valence-corrected chi connectivity index (χ1v) is 9.21. The first-order valence-electron chi connectivity index (χ1n) is 9.21. The first kappa shape index (κ1) is 16.4. The summed E-state index contributed by atoms with van der Waals surface area (Å²) in [6, 6.07) is 16.8. The maximum Gasteiger partial charge on any atom is 0.0966 e. The Hall–Kier alpha value is -3.73. The second-order valence-corrected chi connectivity index (χ2v) is 6.86. The summed E-state index contributed by atoms with van der Waals surface area (Å²) in [5.74, 6) is 0. The SMILES string of the molecule is Cn1ccc2ccc(-c3cc(NCc4cccnc4)cc4nccnc34)cc21. The van der Waals surface area contributed by atoms with E-state index in [0.29, 0.717) is 6.54 Å². The highest BCUT2D eigenvalue weighted by Crippen LogP contribution is 2.32. The molecule has 0 aliphatic heterocycles. The van der Waals surface area contributed by atoms with Gasteiger partial charge in [-0.15, -0.1) is 0 Å². The topological polar surface area (TPSA) is 55.6 Å². The lowest BCUT2D eigenvalue weighted by molar-refractivity contribution is 0.969. The fraction of sp³-hybridized carbons (Fsp3) is 0.0870. The molecule has 0 bridgehead atoms. The van der Waals surface area contributed by atoms with Gasteiger partial charge in [0.2, 0.25) is 0 Å². The molecule has 1 N–H and O–H groups in total. The molecular weight excluding hydrogens is 346 g/mol. The van der Waals surface area contributed by atoms with Gasteiger partial charge >= 0.3 is 0 Å². The van der Waals surface area contributed by atoms with Gasteiger partial charge < -0.3 is 9.88 Å². The molecule has 3 aromatic heterocycles. The number of rotatable bonds is 4. The quantitative estimate of drug-likeness (QED) is 0.497. The minimum Gasteiger partial charge on any atom is -0.381 e. The van der Waals surface area contributed by atoms with Crippen molar-refractivity contribution in [3.63, 3.8) is 0 Å². The Balaban J connectivity index is 1.60. The van der Waals surface area contributed by atoms with E-state index in [1.54, 1.807) is 18.6 Å². The number of benzene rings is 2. The van der Waals surface area contributed by atoms with Crippen molar-refractivity contribution in [2.75, 3.05) is 5.32 Å². The van der Waals surface area contributed by atoms with Gasteiger partial charge in [-0.3, -0.25) is 15.0 Å². The molecule has 0 atom stereocenters. The highest BCUT2D eigenvalue weighted by atomic mass is 14.9. The molecule has 0 spiro atoms. The number of hydrogen-bond acceptors (Lipinski definition) is 4. The van der Waals surface area contributed by atoms with Crippen LogP contribution in [0.25, 0.3) is 33.1 Å². The van der Waals surface area contributed by atoms with Crippen molar-refractivity contribution < 1.29 is 0 Å². The van der Waals surface area contributed by atoms with Crippen LogP contribution < -0.4 is 5.32 Å². The lowest BCUT2D eigenvalue weighted by atomic mass is 10.0. The summed E-state index contributed by atoms with van der Waals surface area (Å²) in [7, 11) is 2.07. The predicted octanol–water partition coefficient (Wildman–Crippen LogP) is 4.80. The van der Waals surface area contributed by atoms with Crippen LogP contribution in [0.2, 0.25) is 0 Å². The molecular formula is C23H19N5. The predicted molar refractivity (Wildman–Crippen MR) is 113 cm³/mol. The number of hydrogen-bond donors (Lipinski definition) is 1. The standard InChI is InChI=1S/C23H19N5/c1-28-10-6-17-4-5-18(11-22(17)28)20-12-19(13-21-23(20)26-9-8-25-21)27-15-16-3-2-7-24-14-16/h2-14,27H,15H2,1H3. The van der Waals surface area contributed by atoms with Crippen molar-refractivity contribution in [3.05, 3.63) is 85.1 Å². The molecule has 5 heteroatoms. The second kappa shape index (κ2) is 6.78. The first-order chi connectivity index (χ1) is 13.8. The van der Waals surface area contributed by atoms with Gasteiger partial charge in [-0.25, -0.2) is 0 Å². The number of nitrogens with zero attached hydrogens (tertiary/aromatic N) is 4. The number of pyridine rings is 1. The molecule has 0 amide bonds. The van der Waals surface area contributed by atoms with E-state index in [2.05, 4.69) is 74.5 Å². The van der Waals surface area contributed by atoms with E-state index in [0.717, 1.165) is 33.4 Å². The molecule has 0 saturated heterocycles. The van der Waals surface area contributed by atoms with Crippen LogP contribution in [0.4, 0.5) is 5.69 Å². The molecule has 0 aliphatic rings. The van der Waals surface area contributed by atoms with E-state index < -0.39 is 0 Å². The Morgan fingerprint density at radius 3 is 2.79 bits per heavy atom. The summed E-state index contributed by atoms with van der Waals surface area (Å²) in [6.45, 7) is 0.704. The molecule has 0 aliphatic carbocycles. The van der Waals surface area contributed by atoms with Crippen molar-refractivity contribution in [3.8, 4) is 11.1 Å². The number of aromatic nitrogens is 4. The van der Waals surface area contributed by atoms with Crippen LogP contribution in [-0.4, -0.2) is 19.5 Å². The van der Waals surface area contributed by atoms with Crippen molar-refractivity contribution in [1.82, 2.24) is 19.5 Å². The van der Waals surface area contributed by atoms with E-state index in [-0.39, 0.29) is 0 Å². The highest BCUT2D eigenvalue weighted by Gasteiger charge is 2.10. The fourth-order valence-corrected chi connectivity index (χ4v) is 3.53. The van der Waals surface area contributed by atoms with Gasteiger partial charge in [0.15, 0.2) is 0 Å². The fourth-order valence-electron chi connectivity index (χ4n) is 3.53. The largest absolute Gasteiger partial charge is 0.381 e. The third-order valence-electron chi connectivity index (χ3n) is 4.99. The van der Waals surface area contributed by atoms with Gasteiger partial charge in [0.1, 0.15) is 0 Å². The Morgan fingerprint density at radius 2 is 1.89 bits per heavy atom. The third kappa shape index (κ3) is 2.97. The highest BCUT2D eigenvalue weighted by molar-refractivity contribution is 5.97. The average molecular weight is 365 g/mol. The van der Waals surface area contributed by atoms with E-state index >= 15 is 0 Å². The minimum absolute atomic E-state index is 0.704. The summed E-state index contributed by atoms with van der Waals surface area (Å²) in [4.78, 5) is 13.3. The molecule has 5 rings (SSSR count). The molecule has 28 heavy (non-hydrogen) atoms. The zero-order valence-electron chi connectivity index (χ0n) is 15.5. The van der Waals surface area contributed by atoms with Crippen LogP contribution >= 0.6 is 0 Å². The third-order valence-corrected chi connectivity index (χ3v) is 4.99. The van der Waals surface area contributed by atoms with E-state index in [1.165, 1.54) is 10.9 Å². The van der Waals surface area contributed by atoms with Crippen LogP contribution in [-0.2, 0) is 13.6 Å². The molecule has 0 fully saturated rings. The summed E-state index contributed by atoms with van der Waals surface area (Å²) in [5, 5.41) is 4.72. The van der Waals surface area contributed by atoms with Crippen LogP contribution in [0.5, 0.6) is 0 Å². The maximum absolute atomic E-state index is 4.60. The van der Waals surface area contributed by atoms with E-state index in [1.807, 2.05) is 18.3 Å². The van der Waals surface area contributed by atoms with Crippen LogP contribution in [0.3, 0.4) is 0 Å². The second-order valence-electron chi connectivity index (χ2n) is 6.86. The summed E-state index contributed by atoms with van der Waals surface area (Å²) >= 11 is 0. The zero-order chi connectivity index (χ0) is 18.9. The monoisotopic (exact) mass is 365 g/mol. The van der Waals surface area contributed by atoms with Gasteiger partial charge in [-0.05, 0) is 46.8 Å². The average Bonchev–Trinajstić information content (AvgIpc) is 3.12. The van der Waals surface area contributed by atoms with Gasteiger partial charge in [0.25, 0.3) is 0 Å². The van der Waals surface area contributed by atoms with Crippen LogP contribution in [0, 0.1) is 0 Å². The zero-order valence-corrected chi connectivity index (χ0v) is 15.5. The van der Waals surface area contributed by atoms with Crippen molar-refractivity contribution in [1.29, 1.82) is 0 Å². The smallest absolute Gasteiger partial charge is 0.0966 e. The molecule has 5 nitrogen and oxygen atoms in total. The van der Waals surface area contributed by atoms with Crippen molar-refractivity contribution >= 4 is 27.6 Å². The van der Waals surface area contributed by atoms with Crippen LogP contribution in [0.15, 0.2) is 79.5 Å². The molecule has 0 unspecified atom stereocenters. The van der Waals surface area contributed by atoms with E-state index in [4.69, 9.17) is 0 Å². The van der Waals surface area contributed by atoms with Gasteiger partial charge in [0, 0.05) is 61.3 Å². The van der Waals surface area contributed by atoms with Gasteiger partial charge in [0.05, 0.1) is 11.0 Å². The lowest BCUT2D eigenvalue weighted by Crippen LogP contribution is -2.00. The number of fused-ring (bicyclic) bond motifs is 2. The summed E-state index contributed by atoms with van der Waals surface area (Å²) < 4.78 is 2.14. The van der Waals surface area contributed by atoms with Gasteiger partial charge in [-0.2, -0.15) is 0 Å². The molecule has 0 radical (unpaired) electrons. The van der Waals surface area contributed by atoms with Gasteiger partial charge in [-0.1, -0.05) is 18.2 Å². The maximum atomic E-state index is 4.60.